The molecule has 0 amide bonds. The maximum absolute atomic E-state index is 13.9. The standard InChI is InChI=1S/C13H13F2N3O/c1-3-6-18-10(7-16-17-18)13(19)11-9(14)5-4-8(2)12(11)15/h4-5,7H,3,6H2,1-2H3. The van der Waals surface area contributed by atoms with Gasteiger partial charge < -0.3 is 0 Å². The van der Waals surface area contributed by atoms with Crippen molar-refractivity contribution >= 4 is 5.78 Å². The lowest BCUT2D eigenvalue weighted by atomic mass is 10.0. The third-order valence-electron chi connectivity index (χ3n) is 2.80. The molecule has 100 valence electrons. The van der Waals surface area contributed by atoms with E-state index in [0.29, 0.717) is 6.54 Å². The fourth-order valence-corrected chi connectivity index (χ4v) is 1.80. The molecule has 2 aromatic rings. The Bertz CT molecular complexity index is 622. The van der Waals surface area contributed by atoms with E-state index in [2.05, 4.69) is 10.3 Å². The highest BCUT2D eigenvalue weighted by Crippen LogP contribution is 2.19. The normalized spacial score (nSPS) is 10.7. The van der Waals surface area contributed by atoms with Crippen LogP contribution in [0.3, 0.4) is 0 Å². The average molecular weight is 265 g/mol. The van der Waals surface area contributed by atoms with Gasteiger partial charge >= 0.3 is 0 Å². The number of carbonyl (C=O) groups is 1. The molecule has 0 saturated heterocycles. The van der Waals surface area contributed by atoms with Crippen molar-refractivity contribution in [1.82, 2.24) is 15.0 Å². The zero-order valence-electron chi connectivity index (χ0n) is 10.7. The molecule has 4 nitrogen and oxygen atoms in total. The van der Waals surface area contributed by atoms with Gasteiger partial charge in [0, 0.05) is 6.54 Å². The van der Waals surface area contributed by atoms with Crippen molar-refractivity contribution in [2.45, 2.75) is 26.8 Å². The summed E-state index contributed by atoms with van der Waals surface area (Å²) in [4.78, 5) is 12.2. The van der Waals surface area contributed by atoms with Crippen molar-refractivity contribution in [2.24, 2.45) is 0 Å². The average Bonchev–Trinajstić information content (AvgIpc) is 2.83. The van der Waals surface area contributed by atoms with Gasteiger partial charge in [0.2, 0.25) is 5.78 Å². The van der Waals surface area contributed by atoms with Gasteiger partial charge in [0.05, 0.1) is 11.8 Å². The number of halogens is 2. The van der Waals surface area contributed by atoms with Crippen molar-refractivity contribution in [3.63, 3.8) is 0 Å². The first-order valence-corrected chi connectivity index (χ1v) is 5.94. The minimum absolute atomic E-state index is 0.0882. The topological polar surface area (TPSA) is 47.8 Å². The minimum atomic E-state index is -0.877. The quantitative estimate of drug-likeness (QED) is 0.798. The number of aromatic nitrogens is 3. The molecule has 2 rings (SSSR count). The number of hydrogen-bond acceptors (Lipinski definition) is 3. The summed E-state index contributed by atoms with van der Waals surface area (Å²) in [6.07, 6.45) is 1.96. The number of hydrogen-bond donors (Lipinski definition) is 0. The van der Waals surface area contributed by atoms with Gasteiger partial charge in [-0.3, -0.25) is 4.79 Å². The summed E-state index contributed by atoms with van der Waals surface area (Å²) in [5, 5.41) is 7.35. The Balaban J connectivity index is 2.50. The van der Waals surface area contributed by atoms with Crippen LogP contribution in [0.5, 0.6) is 0 Å². The number of aryl methyl sites for hydroxylation is 2. The first-order valence-electron chi connectivity index (χ1n) is 5.94. The van der Waals surface area contributed by atoms with E-state index in [0.717, 1.165) is 12.5 Å². The summed E-state index contributed by atoms with van der Waals surface area (Å²) in [6, 6.07) is 2.38. The van der Waals surface area contributed by atoms with Gasteiger partial charge in [-0.05, 0) is 25.0 Å². The summed E-state index contributed by atoms with van der Waals surface area (Å²) in [6.45, 7) is 3.85. The Morgan fingerprint density at radius 2 is 2.11 bits per heavy atom. The van der Waals surface area contributed by atoms with E-state index in [-0.39, 0.29) is 11.3 Å². The number of benzene rings is 1. The van der Waals surface area contributed by atoms with Crippen LogP contribution in [0.15, 0.2) is 18.3 Å². The molecule has 0 atom stereocenters. The number of ketones is 1. The van der Waals surface area contributed by atoms with Crippen LogP contribution in [0.25, 0.3) is 0 Å². The molecule has 1 aromatic heterocycles. The Morgan fingerprint density at radius 1 is 1.37 bits per heavy atom. The van der Waals surface area contributed by atoms with Crippen molar-refractivity contribution in [3.8, 4) is 0 Å². The fraction of sp³-hybridized carbons (Fsp3) is 0.308. The van der Waals surface area contributed by atoms with E-state index in [1.54, 1.807) is 0 Å². The van der Waals surface area contributed by atoms with E-state index in [4.69, 9.17) is 0 Å². The van der Waals surface area contributed by atoms with Crippen LogP contribution in [-0.2, 0) is 6.54 Å². The first kappa shape index (κ1) is 13.3. The first-order chi connectivity index (χ1) is 9.06. The molecule has 0 aliphatic rings. The highest BCUT2D eigenvalue weighted by atomic mass is 19.1. The molecule has 1 aromatic carbocycles. The lowest BCUT2D eigenvalue weighted by Crippen LogP contribution is -2.15. The summed E-state index contributed by atoms with van der Waals surface area (Å²) in [7, 11) is 0. The molecular formula is C13H13F2N3O. The Hall–Kier alpha value is -2.11. The van der Waals surface area contributed by atoms with Gasteiger partial charge in [0.15, 0.2) is 0 Å². The number of rotatable bonds is 4. The Kier molecular flexibility index (Phi) is 3.69. The van der Waals surface area contributed by atoms with Crippen molar-refractivity contribution in [2.75, 3.05) is 0 Å². The SMILES string of the molecule is CCCn1nncc1C(=O)c1c(F)ccc(C)c1F. The summed E-state index contributed by atoms with van der Waals surface area (Å²) in [5.74, 6) is -2.45. The zero-order chi connectivity index (χ0) is 14.0. The highest BCUT2D eigenvalue weighted by molar-refractivity contribution is 6.08. The second-order valence-electron chi connectivity index (χ2n) is 4.22. The van der Waals surface area contributed by atoms with Gasteiger partial charge in [-0.2, -0.15) is 0 Å². The molecule has 19 heavy (non-hydrogen) atoms. The Labute approximate surface area is 109 Å². The largest absolute Gasteiger partial charge is 0.287 e. The monoisotopic (exact) mass is 265 g/mol. The zero-order valence-corrected chi connectivity index (χ0v) is 10.7. The number of carbonyl (C=O) groups excluding carboxylic acids is 1. The van der Waals surface area contributed by atoms with E-state index in [1.165, 1.54) is 23.9 Å². The third-order valence-corrected chi connectivity index (χ3v) is 2.80. The molecule has 0 saturated carbocycles. The van der Waals surface area contributed by atoms with E-state index in [9.17, 15) is 13.6 Å². The molecule has 0 N–H and O–H groups in total. The molecule has 0 radical (unpaired) electrons. The molecule has 0 spiro atoms. The molecule has 0 unspecified atom stereocenters. The van der Waals surface area contributed by atoms with Gasteiger partial charge in [-0.15, -0.1) is 5.10 Å². The third kappa shape index (κ3) is 2.38. The molecule has 0 fully saturated rings. The summed E-state index contributed by atoms with van der Waals surface area (Å²) in [5.41, 5.74) is -0.246. The van der Waals surface area contributed by atoms with Crippen LogP contribution < -0.4 is 0 Å². The van der Waals surface area contributed by atoms with E-state index < -0.39 is 23.0 Å². The predicted octanol–water partition coefficient (Wildman–Crippen LogP) is 2.51. The van der Waals surface area contributed by atoms with E-state index in [1.807, 2.05) is 6.92 Å². The van der Waals surface area contributed by atoms with Gasteiger partial charge in [0.25, 0.3) is 0 Å². The molecule has 0 aliphatic heterocycles. The maximum atomic E-state index is 13.9. The smallest absolute Gasteiger partial charge is 0.218 e. The minimum Gasteiger partial charge on any atom is -0.287 e. The van der Waals surface area contributed by atoms with Crippen LogP contribution in [0.2, 0.25) is 0 Å². The van der Waals surface area contributed by atoms with Crippen molar-refractivity contribution < 1.29 is 13.6 Å². The van der Waals surface area contributed by atoms with Crippen LogP contribution in [0, 0.1) is 18.6 Å². The summed E-state index contributed by atoms with van der Waals surface area (Å²) >= 11 is 0. The molecule has 1 heterocycles. The Morgan fingerprint density at radius 3 is 2.79 bits per heavy atom. The lowest BCUT2D eigenvalue weighted by Gasteiger charge is -2.07. The maximum Gasteiger partial charge on any atom is 0.218 e. The van der Waals surface area contributed by atoms with E-state index >= 15 is 0 Å². The highest BCUT2D eigenvalue weighted by Gasteiger charge is 2.23. The van der Waals surface area contributed by atoms with Gasteiger partial charge in [0.1, 0.15) is 17.3 Å². The second-order valence-corrected chi connectivity index (χ2v) is 4.22. The summed E-state index contributed by atoms with van der Waals surface area (Å²) < 4.78 is 28.9. The second kappa shape index (κ2) is 5.26. The van der Waals surface area contributed by atoms with Crippen molar-refractivity contribution in [1.29, 1.82) is 0 Å². The van der Waals surface area contributed by atoms with Gasteiger partial charge in [-0.1, -0.05) is 18.2 Å². The lowest BCUT2D eigenvalue weighted by molar-refractivity contribution is 0.102. The van der Waals surface area contributed by atoms with Crippen LogP contribution in [0.4, 0.5) is 8.78 Å². The van der Waals surface area contributed by atoms with Crippen LogP contribution in [-0.4, -0.2) is 20.8 Å². The molecule has 6 heteroatoms. The van der Waals surface area contributed by atoms with Crippen LogP contribution in [0.1, 0.15) is 35.0 Å². The molecular weight excluding hydrogens is 252 g/mol. The molecule has 0 bridgehead atoms. The van der Waals surface area contributed by atoms with Crippen molar-refractivity contribution in [3.05, 3.63) is 46.8 Å². The predicted molar refractivity (Wildman–Crippen MR) is 64.8 cm³/mol. The molecule has 0 aliphatic carbocycles. The van der Waals surface area contributed by atoms with Crippen LogP contribution >= 0.6 is 0 Å². The fourth-order valence-electron chi connectivity index (χ4n) is 1.80. The van der Waals surface area contributed by atoms with Gasteiger partial charge in [-0.25, -0.2) is 13.5 Å². The number of nitrogens with zero attached hydrogens (tertiary/aromatic N) is 3.